The molecule has 3 heteroatoms. The number of carbonyl (C=O) groups is 1. The average Bonchev–Trinajstić information content (AvgIpc) is 2.01. The fraction of sp³-hybridized carbons (Fsp3) is 0.625. The highest BCUT2D eigenvalue weighted by molar-refractivity contribution is 9.09. The van der Waals surface area contributed by atoms with Gasteiger partial charge in [-0.25, -0.2) is 0 Å². The van der Waals surface area contributed by atoms with E-state index in [0.717, 1.165) is 23.7 Å². The lowest BCUT2D eigenvalue weighted by Gasteiger charge is -2.01. The molecule has 0 aromatic rings. The van der Waals surface area contributed by atoms with Crippen LogP contribution < -0.4 is 0 Å². The Balaban J connectivity index is 3.38. The van der Waals surface area contributed by atoms with Crippen molar-refractivity contribution in [2.45, 2.75) is 19.3 Å². The molecule has 0 N–H and O–H groups in total. The molecule has 0 amide bonds. The second kappa shape index (κ2) is 6.40. The molecule has 0 rings (SSSR count). The van der Waals surface area contributed by atoms with Gasteiger partial charge in [-0.2, -0.15) is 0 Å². The van der Waals surface area contributed by atoms with Crippen molar-refractivity contribution in [3.63, 3.8) is 0 Å². The zero-order valence-electron chi connectivity index (χ0n) is 6.73. The Morgan fingerprint density at radius 3 is 2.55 bits per heavy atom. The lowest BCUT2D eigenvalue weighted by Crippen LogP contribution is -2.00. The van der Waals surface area contributed by atoms with Crippen LogP contribution >= 0.6 is 15.9 Å². The van der Waals surface area contributed by atoms with Gasteiger partial charge in [0.25, 0.3) is 0 Å². The molecule has 0 spiro atoms. The molecule has 0 bridgehead atoms. The molecule has 0 aromatic carbocycles. The summed E-state index contributed by atoms with van der Waals surface area (Å²) in [6.45, 7) is 3.81. The average molecular weight is 221 g/mol. The molecule has 11 heavy (non-hydrogen) atoms. The fourth-order valence-corrected chi connectivity index (χ4v) is 1.20. The Kier molecular flexibility index (Phi) is 6.22. The van der Waals surface area contributed by atoms with Gasteiger partial charge >= 0.3 is 5.97 Å². The Morgan fingerprint density at radius 2 is 2.09 bits per heavy atom. The van der Waals surface area contributed by atoms with Gasteiger partial charge in [0.2, 0.25) is 0 Å². The van der Waals surface area contributed by atoms with E-state index < -0.39 is 0 Å². The largest absolute Gasteiger partial charge is 0.469 e. The molecule has 0 fully saturated rings. The van der Waals surface area contributed by atoms with Crippen molar-refractivity contribution in [3.05, 3.63) is 12.2 Å². The molecule has 0 atom stereocenters. The highest BCUT2D eigenvalue weighted by Crippen LogP contribution is 2.08. The van der Waals surface area contributed by atoms with Gasteiger partial charge in [-0.05, 0) is 12.8 Å². The van der Waals surface area contributed by atoms with Crippen LogP contribution in [0.4, 0.5) is 0 Å². The summed E-state index contributed by atoms with van der Waals surface area (Å²) in [6, 6.07) is 0. The molecule has 0 aliphatic heterocycles. The minimum atomic E-state index is -0.166. The first-order valence-electron chi connectivity index (χ1n) is 3.50. The first-order valence-corrected chi connectivity index (χ1v) is 4.62. The Hall–Kier alpha value is -0.310. The van der Waals surface area contributed by atoms with Crippen LogP contribution in [0.2, 0.25) is 0 Å². The first kappa shape index (κ1) is 10.7. The smallest absolute Gasteiger partial charge is 0.305 e. The van der Waals surface area contributed by atoms with Crippen molar-refractivity contribution in [2.24, 2.45) is 0 Å². The van der Waals surface area contributed by atoms with E-state index >= 15 is 0 Å². The SMILES string of the molecule is C=C(CCBr)CCC(=O)OC. The minimum absolute atomic E-state index is 0.166. The quantitative estimate of drug-likeness (QED) is 0.404. The van der Waals surface area contributed by atoms with Crippen LogP contribution in [0.15, 0.2) is 12.2 Å². The molecule has 0 saturated heterocycles. The monoisotopic (exact) mass is 220 g/mol. The van der Waals surface area contributed by atoms with Crippen LogP contribution in [0.5, 0.6) is 0 Å². The first-order chi connectivity index (χ1) is 5.20. The fourth-order valence-electron chi connectivity index (χ4n) is 0.640. The lowest BCUT2D eigenvalue weighted by atomic mass is 10.1. The number of hydrogen-bond donors (Lipinski definition) is 0. The van der Waals surface area contributed by atoms with Crippen molar-refractivity contribution in [1.82, 2.24) is 0 Å². The van der Waals surface area contributed by atoms with Crippen LogP contribution in [0.1, 0.15) is 19.3 Å². The predicted molar refractivity (Wildman–Crippen MR) is 48.8 cm³/mol. The van der Waals surface area contributed by atoms with Crippen molar-refractivity contribution in [3.8, 4) is 0 Å². The highest BCUT2D eigenvalue weighted by Gasteiger charge is 2.00. The summed E-state index contributed by atoms with van der Waals surface area (Å²) in [7, 11) is 1.40. The van der Waals surface area contributed by atoms with Gasteiger partial charge in [0.05, 0.1) is 7.11 Å². The molecule has 0 heterocycles. The summed E-state index contributed by atoms with van der Waals surface area (Å²) in [6.07, 6.45) is 2.11. The van der Waals surface area contributed by atoms with E-state index in [1.165, 1.54) is 7.11 Å². The van der Waals surface area contributed by atoms with E-state index in [4.69, 9.17) is 0 Å². The van der Waals surface area contributed by atoms with Gasteiger partial charge in [-0.1, -0.05) is 28.1 Å². The Labute approximate surface area is 75.7 Å². The predicted octanol–water partition coefficient (Wildman–Crippen LogP) is 2.28. The second-order valence-corrected chi connectivity index (χ2v) is 3.06. The Bertz CT molecular complexity index is 143. The van der Waals surface area contributed by atoms with Gasteiger partial charge in [0.1, 0.15) is 0 Å². The number of halogens is 1. The number of allylic oxidation sites excluding steroid dienone is 1. The van der Waals surface area contributed by atoms with Crippen LogP contribution in [0.3, 0.4) is 0 Å². The molecule has 0 aliphatic carbocycles. The van der Waals surface area contributed by atoms with E-state index in [2.05, 4.69) is 27.2 Å². The normalized spacial score (nSPS) is 9.27. The maximum Gasteiger partial charge on any atom is 0.305 e. The number of esters is 1. The Morgan fingerprint density at radius 1 is 1.45 bits per heavy atom. The standard InChI is InChI=1S/C8H13BrO2/c1-7(5-6-9)3-4-8(10)11-2/h1,3-6H2,2H3. The van der Waals surface area contributed by atoms with Gasteiger partial charge in [0, 0.05) is 11.8 Å². The molecule has 0 aromatic heterocycles. The lowest BCUT2D eigenvalue weighted by molar-refractivity contribution is -0.140. The third kappa shape index (κ3) is 6.10. The van der Waals surface area contributed by atoms with Crippen molar-refractivity contribution in [1.29, 1.82) is 0 Å². The molecule has 0 saturated carbocycles. The third-order valence-corrected chi connectivity index (χ3v) is 1.75. The van der Waals surface area contributed by atoms with Crippen molar-refractivity contribution >= 4 is 21.9 Å². The van der Waals surface area contributed by atoms with E-state index in [-0.39, 0.29) is 5.97 Å². The molecular formula is C8H13BrO2. The molecule has 64 valence electrons. The third-order valence-electron chi connectivity index (χ3n) is 1.36. The summed E-state index contributed by atoms with van der Waals surface area (Å²) in [5.74, 6) is -0.166. The van der Waals surface area contributed by atoms with Crippen molar-refractivity contribution < 1.29 is 9.53 Å². The van der Waals surface area contributed by atoms with E-state index in [0.29, 0.717) is 6.42 Å². The zero-order chi connectivity index (χ0) is 8.69. The van der Waals surface area contributed by atoms with E-state index in [9.17, 15) is 4.79 Å². The van der Waals surface area contributed by atoms with Crippen LogP contribution in [-0.4, -0.2) is 18.4 Å². The number of hydrogen-bond acceptors (Lipinski definition) is 2. The van der Waals surface area contributed by atoms with Crippen LogP contribution in [-0.2, 0) is 9.53 Å². The number of rotatable bonds is 5. The second-order valence-electron chi connectivity index (χ2n) is 2.27. The van der Waals surface area contributed by atoms with Gasteiger partial charge in [-0.15, -0.1) is 0 Å². The molecule has 0 aliphatic rings. The van der Waals surface area contributed by atoms with E-state index in [1.54, 1.807) is 0 Å². The van der Waals surface area contributed by atoms with Gasteiger partial charge < -0.3 is 4.74 Å². The van der Waals surface area contributed by atoms with Crippen LogP contribution in [0, 0.1) is 0 Å². The maximum absolute atomic E-state index is 10.6. The summed E-state index contributed by atoms with van der Waals surface area (Å²) in [4.78, 5) is 10.6. The van der Waals surface area contributed by atoms with Crippen molar-refractivity contribution in [2.75, 3.05) is 12.4 Å². The summed E-state index contributed by atoms with van der Waals surface area (Å²) < 4.78 is 4.49. The maximum atomic E-state index is 10.6. The van der Waals surface area contributed by atoms with Gasteiger partial charge in [0.15, 0.2) is 0 Å². The molecule has 2 nitrogen and oxygen atoms in total. The number of ether oxygens (including phenoxy) is 1. The number of carbonyl (C=O) groups excluding carboxylic acids is 1. The summed E-state index contributed by atoms with van der Waals surface area (Å²) in [5.41, 5.74) is 1.09. The van der Waals surface area contributed by atoms with Crippen LogP contribution in [0.25, 0.3) is 0 Å². The highest BCUT2D eigenvalue weighted by atomic mass is 79.9. The molecule has 0 radical (unpaired) electrons. The number of alkyl halides is 1. The number of methoxy groups -OCH3 is 1. The summed E-state index contributed by atoms with van der Waals surface area (Å²) in [5, 5.41) is 0.910. The zero-order valence-corrected chi connectivity index (χ0v) is 8.32. The minimum Gasteiger partial charge on any atom is -0.469 e. The van der Waals surface area contributed by atoms with E-state index in [1.807, 2.05) is 0 Å². The molecular weight excluding hydrogens is 208 g/mol. The molecule has 0 unspecified atom stereocenters. The van der Waals surface area contributed by atoms with Gasteiger partial charge in [-0.3, -0.25) is 4.79 Å². The summed E-state index contributed by atoms with van der Waals surface area (Å²) >= 11 is 3.30. The topological polar surface area (TPSA) is 26.3 Å².